The van der Waals surface area contributed by atoms with Gasteiger partial charge >= 0.3 is 6.09 Å². The molecule has 2 amide bonds. The number of amides is 2. The number of nitrogen functional groups attached to an aromatic ring is 1. The molecule has 2 aliphatic rings. The van der Waals surface area contributed by atoms with Crippen molar-refractivity contribution in [2.24, 2.45) is 5.41 Å². The van der Waals surface area contributed by atoms with Gasteiger partial charge in [0, 0.05) is 42.7 Å². The molecule has 2 fully saturated rings. The molecule has 1 atom stereocenters. The van der Waals surface area contributed by atoms with Crippen molar-refractivity contribution in [2.45, 2.75) is 19.3 Å². The summed E-state index contributed by atoms with van der Waals surface area (Å²) < 4.78 is 0. The van der Waals surface area contributed by atoms with Gasteiger partial charge in [0.2, 0.25) is 0 Å². The van der Waals surface area contributed by atoms with Gasteiger partial charge in [0.1, 0.15) is 5.82 Å². The first-order valence-corrected chi connectivity index (χ1v) is 12.2. The van der Waals surface area contributed by atoms with Crippen molar-refractivity contribution in [3.63, 3.8) is 0 Å². The maximum atomic E-state index is 12.9. The maximum absolute atomic E-state index is 12.9. The number of piperidine rings is 1. The summed E-state index contributed by atoms with van der Waals surface area (Å²) in [5.74, 6) is 0.542. The Balaban J connectivity index is 1.27. The number of aromatic nitrogens is 1. The van der Waals surface area contributed by atoms with Gasteiger partial charge in [0.15, 0.2) is 0 Å². The van der Waals surface area contributed by atoms with E-state index in [2.05, 4.69) is 15.2 Å². The van der Waals surface area contributed by atoms with Crippen LogP contribution in [0, 0.1) is 5.41 Å². The molecule has 8 nitrogen and oxygen atoms in total. The lowest BCUT2D eigenvalue weighted by Gasteiger charge is -2.40. The van der Waals surface area contributed by atoms with Gasteiger partial charge in [0.05, 0.1) is 16.9 Å². The normalized spacial score (nSPS) is 20.0. The summed E-state index contributed by atoms with van der Waals surface area (Å²) in [6, 6.07) is 13.3. The van der Waals surface area contributed by atoms with Gasteiger partial charge < -0.3 is 26.0 Å². The van der Waals surface area contributed by atoms with E-state index >= 15 is 0 Å². The Morgan fingerprint density at radius 3 is 2.71 bits per heavy atom. The lowest BCUT2D eigenvalue weighted by atomic mass is 9.79. The lowest BCUT2D eigenvalue weighted by Crippen LogP contribution is -2.45. The van der Waals surface area contributed by atoms with E-state index in [1.807, 2.05) is 35.7 Å². The number of anilines is 3. The molecule has 4 heterocycles. The number of thiophene rings is 1. The number of carbonyl (C=O) groups is 2. The van der Waals surface area contributed by atoms with Crippen LogP contribution in [-0.2, 0) is 0 Å². The van der Waals surface area contributed by atoms with E-state index in [0.717, 1.165) is 48.6 Å². The van der Waals surface area contributed by atoms with Crippen LogP contribution in [0.25, 0.3) is 10.4 Å². The summed E-state index contributed by atoms with van der Waals surface area (Å²) in [7, 11) is 0. The molecule has 0 aliphatic carbocycles. The number of benzene rings is 1. The summed E-state index contributed by atoms with van der Waals surface area (Å²) in [6.45, 7) is 2.82. The average Bonchev–Trinajstić information content (AvgIpc) is 3.52. The minimum atomic E-state index is -0.843. The van der Waals surface area contributed by atoms with E-state index in [1.165, 1.54) is 4.90 Å². The summed E-state index contributed by atoms with van der Waals surface area (Å²) in [4.78, 5) is 33.6. The first-order chi connectivity index (χ1) is 16.4. The van der Waals surface area contributed by atoms with Crippen LogP contribution in [-0.4, -0.2) is 53.2 Å². The third kappa shape index (κ3) is 4.43. The Kier molecular flexibility index (Phi) is 5.87. The van der Waals surface area contributed by atoms with E-state index in [9.17, 15) is 14.7 Å². The zero-order valence-electron chi connectivity index (χ0n) is 18.7. The van der Waals surface area contributed by atoms with Crippen LogP contribution in [0.1, 0.15) is 29.6 Å². The molecule has 0 saturated carbocycles. The third-order valence-corrected chi connectivity index (χ3v) is 7.73. The van der Waals surface area contributed by atoms with Crippen LogP contribution in [0.4, 0.5) is 22.0 Å². The Labute approximate surface area is 202 Å². The molecule has 5 rings (SSSR count). The average molecular weight is 478 g/mol. The minimum absolute atomic E-state index is 0.0144. The Bertz CT molecular complexity index is 1200. The molecule has 34 heavy (non-hydrogen) atoms. The summed E-state index contributed by atoms with van der Waals surface area (Å²) in [5.41, 5.74) is 8.62. The van der Waals surface area contributed by atoms with Crippen molar-refractivity contribution in [2.75, 3.05) is 42.1 Å². The van der Waals surface area contributed by atoms with E-state index in [0.29, 0.717) is 30.0 Å². The predicted octanol–water partition coefficient (Wildman–Crippen LogP) is 4.61. The molecule has 1 aromatic carbocycles. The number of hydrogen-bond acceptors (Lipinski definition) is 6. The van der Waals surface area contributed by atoms with E-state index < -0.39 is 6.09 Å². The van der Waals surface area contributed by atoms with Crippen molar-refractivity contribution in [3.05, 3.63) is 59.6 Å². The van der Waals surface area contributed by atoms with Crippen LogP contribution in [0.5, 0.6) is 0 Å². The van der Waals surface area contributed by atoms with Crippen LogP contribution in [0.2, 0.25) is 0 Å². The zero-order chi connectivity index (χ0) is 23.7. The predicted molar refractivity (Wildman–Crippen MR) is 134 cm³/mol. The largest absolute Gasteiger partial charge is 0.465 e. The molecule has 1 unspecified atom stereocenters. The molecular weight excluding hydrogens is 450 g/mol. The number of rotatable bonds is 4. The smallest absolute Gasteiger partial charge is 0.407 e. The van der Waals surface area contributed by atoms with Crippen molar-refractivity contribution in [1.82, 2.24) is 9.88 Å². The number of pyridine rings is 1. The topological polar surface area (TPSA) is 112 Å². The van der Waals surface area contributed by atoms with Crippen molar-refractivity contribution < 1.29 is 14.7 Å². The standard InChI is InChI=1S/C25H27N5O3S/c26-19-6-4-17(21-3-1-12-34-21)13-20(19)28-23(31)18-5-7-22(27-14-18)29-10-2-8-25(15-29)9-11-30(16-25)24(32)33/h1,3-7,12-14H,2,8-11,15-16,26H2,(H,28,31)(H,32,33). The van der Waals surface area contributed by atoms with E-state index in [4.69, 9.17) is 5.73 Å². The lowest BCUT2D eigenvalue weighted by molar-refractivity contribution is 0.102. The number of hydrogen-bond donors (Lipinski definition) is 3. The van der Waals surface area contributed by atoms with Crippen LogP contribution >= 0.6 is 11.3 Å². The molecule has 176 valence electrons. The number of nitrogens with one attached hydrogen (secondary N) is 1. The Morgan fingerprint density at radius 2 is 2.00 bits per heavy atom. The first-order valence-electron chi connectivity index (χ1n) is 11.4. The number of carboxylic acid groups (broad SMARTS) is 1. The third-order valence-electron chi connectivity index (χ3n) is 6.81. The van der Waals surface area contributed by atoms with Gasteiger partial charge in [-0.25, -0.2) is 9.78 Å². The highest BCUT2D eigenvalue weighted by molar-refractivity contribution is 7.13. The molecule has 0 bridgehead atoms. The highest BCUT2D eigenvalue weighted by Crippen LogP contribution is 2.40. The molecule has 3 aromatic rings. The fourth-order valence-corrected chi connectivity index (χ4v) is 5.72. The van der Waals surface area contributed by atoms with Gasteiger partial charge in [-0.05, 0) is 60.5 Å². The van der Waals surface area contributed by atoms with Crippen molar-refractivity contribution >= 4 is 40.5 Å². The minimum Gasteiger partial charge on any atom is -0.465 e. The zero-order valence-corrected chi connectivity index (χ0v) is 19.6. The summed E-state index contributed by atoms with van der Waals surface area (Å²) >= 11 is 1.63. The SMILES string of the molecule is Nc1ccc(-c2cccs2)cc1NC(=O)c1ccc(N2CCCC3(CCN(C(=O)O)C3)C2)nc1. The molecule has 0 radical (unpaired) electrons. The second-order valence-electron chi connectivity index (χ2n) is 9.12. The quantitative estimate of drug-likeness (QED) is 0.473. The van der Waals surface area contributed by atoms with Crippen molar-refractivity contribution in [3.8, 4) is 10.4 Å². The van der Waals surface area contributed by atoms with Crippen LogP contribution < -0.4 is 16.0 Å². The van der Waals surface area contributed by atoms with Gasteiger partial charge in [-0.2, -0.15) is 0 Å². The Morgan fingerprint density at radius 1 is 1.12 bits per heavy atom. The van der Waals surface area contributed by atoms with Gasteiger partial charge in [-0.1, -0.05) is 12.1 Å². The molecule has 2 aliphatic heterocycles. The first kappa shape index (κ1) is 22.2. The monoisotopic (exact) mass is 477 g/mol. The van der Waals surface area contributed by atoms with E-state index in [-0.39, 0.29) is 11.3 Å². The number of nitrogens with zero attached hydrogens (tertiary/aromatic N) is 3. The maximum Gasteiger partial charge on any atom is 0.407 e. The molecule has 2 aromatic heterocycles. The molecule has 2 saturated heterocycles. The second kappa shape index (κ2) is 8.98. The van der Waals surface area contributed by atoms with Crippen molar-refractivity contribution in [1.29, 1.82) is 0 Å². The summed E-state index contributed by atoms with van der Waals surface area (Å²) in [5, 5.41) is 14.3. The number of likely N-dealkylation sites (tertiary alicyclic amines) is 1. The molecule has 9 heteroatoms. The highest BCUT2D eigenvalue weighted by Gasteiger charge is 2.43. The van der Waals surface area contributed by atoms with Gasteiger partial charge in [-0.3, -0.25) is 4.79 Å². The number of nitrogens with two attached hydrogens (primary N) is 1. The second-order valence-corrected chi connectivity index (χ2v) is 10.1. The van der Waals surface area contributed by atoms with Gasteiger partial charge in [-0.15, -0.1) is 11.3 Å². The number of carbonyl (C=O) groups excluding carboxylic acids is 1. The fraction of sp³-hybridized carbons (Fsp3) is 0.320. The fourth-order valence-electron chi connectivity index (χ4n) is 5.00. The highest BCUT2D eigenvalue weighted by atomic mass is 32.1. The molecular formula is C25H27N5O3S. The molecule has 1 spiro atoms. The summed E-state index contributed by atoms with van der Waals surface area (Å²) in [6.07, 6.45) is 3.65. The van der Waals surface area contributed by atoms with Crippen LogP contribution in [0.3, 0.4) is 0 Å². The van der Waals surface area contributed by atoms with Gasteiger partial charge in [0.25, 0.3) is 5.91 Å². The van der Waals surface area contributed by atoms with Crippen LogP contribution in [0.15, 0.2) is 54.0 Å². The van der Waals surface area contributed by atoms with E-state index in [1.54, 1.807) is 29.7 Å². The molecule has 4 N–H and O–H groups in total. The Hall–Kier alpha value is -3.59.